The summed E-state index contributed by atoms with van der Waals surface area (Å²) in [7, 11) is 0. The molecule has 0 saturated heterocycles. The van der Waals surface area contributed by atoms with E-state index >= 15 is 0 Å². The highest BCUT2D eigenvalue weighted by Crippen LogP contribution is 2.42. The lowest BCUT2D eigenvalue weighted by Gasteiger charge is -2.30. The van der Waals surface area contributed by atoms with E-state index in [4.69, 9.17) is 40.3 Å². The van der Waals surface area contributed by atoms with Gasteiger partial charge in [-0.15, -0.1) is 0 Å². The van der Waals surface area contributed by atoms with Crippen LogP contribution in [0, 0.1) is 0 Å². The van der Waals surface area contributed by atoms with Crippen molar-refractivity contribution in [1.82, 2.24) is 19.9 Å². The molecule has 0 aliphatic heterocycles. The molecule has 0 spiro atoms. The van der Waals surface area contributed by atoms with Crippen molar-refractivity contribution >= 4 is 46.5 Å². The Balaban J connectivity index is 1.60. The highest BCUT2D eigenvalue weighted by atomic mass is 35.5. The largest absolute Gasteiger partial charge is 0.399 e. The van der Waals surface area contributed by atoms with Gasteiger partial charge in [-0.25, -0.2) is 9.97 Å². The molecular weight excluding hydrogens is 556 g/mol. The van der Waals surface area contributed by atoms with E-state index in [1.54, 1.807) is 36.4 Å². The minimum Gasteiger partial charge on any atom is -0.399 e. The fraction of sp³-hybridized carbons (Fsp3) is 0.103. The Kier molecular flexibility index (Phi) is 7.68. The van der Waals surface area contributed by atoms with Crippen LogP contribution in [-0.2, 0) is 12.1 Å². The fourth-order valence-corrected chi connectivity index (χ4v) is 4.76. The quantitative estimate of drug-likeness (QED) is 0.123. The standard InChI is InChI=1S/C29H29ClN10O2/c30-18-7-1-15(2-8-18)13-36-20-11-5-17(6-12-20)22-24(38-28(35)40-26(22)33)29(42,14-41)23-21(25(32)39-27(34)37-23)16-3-9-19(31)10-4-16/h1-12,36,41-42H,13-14,31H2,(H4,32,34,37,39)(H4,33,35,38,40). The SMILES string of the molecule is Nc1ccc(-c2c(N)nc(N)nc2C(O)(CO)c2nc(N)nc(N)c2-c2ccc(NCc3ccc(Cl)cc3)cc2)cc1. The second-order valence-corrected chi connectivity index (χ2v) is 10.0. The molecule has 0 bridgehead atoms. The molecule has 1 unspecified atom stereocenters. The van der Waals surface area contributed by atoms with Crippen LogP contribution in [0.3, 0.4) is 0 Å². The van der Waals surface area contributed by atoms with Crippen LogP contribution in [0.25, 0.3) is 22.3 Å². The van der Waals surface area contributed by atoms with Gasteiger partial charge in [-0.3, -0.25) is 0 Å². The van der Waals surface area contributed by atoms with Gasteiger partial charge in [-0.05, 0) is 53.1 Å². The molecule has 0 radical (unpaired) electrons. The molecule has 5 rings (SSSR count). The first-order chi connectivity index (χ1) is 20.1. The van der Waals surface area contributed by atoms with Gasteiger partial charge in [0.2, 0.25) is 11.9 Å². The topological polar surface area (TPSA) is 234 Å². The Bertz CT molecular complexity index is 1730. The maximum Gasteiger partial charge on any atom is 0.222 e. The van der Waals surface area contributed by atoms with Gasteiger partial charge < -0.3 is 44.2 Å². The van der Waals surface area contributed by atoms with E-state index in [1.807, 2.05) is 36.4 Å². The molecule has 42 heavy (non-hydrogen) atoms. The van der Waals surface area contributed by atoms with E-state index < -0.39 is 12.2 Å². The maximum atomic E-state index is 12.2. The summed E-state index contributed by atoms with van der Waals surface area (Å²) in [5.41, 5.74) is 31.9. The first kappa shape index (κ1) is 28.4. The van der Waals surface area contributed by atoms with Crippen molar-refractivity contribution < 1.29 is 10.2 Å². The van der Waals surface area contributed by atoms with Crippen molar-refractivity contribution in [3.63, 3.8) is 0 Å². The highest BCUT2D eigenvalue weighted by Gasteiger charge is 2.41. The zero-order valence-corrected chi connectivity index (χ0v) is 23.0. The van der Waals surface area contributed by atoms with E-state index in [2.05, 4.69) is 25.3 Å². The molecule has 2 heterocycles. The molecule has 2 aromatic heterocycles. The molecule has 12 nitrogen and oxygen atoms in total. The summed E-state index contributed by atoms with van der Waals surface area (Å²) in [6, 6.07) is 21.4. The van der Waals surface area contributed by atoms with Crippen LogP contribution >= 0.6 is 11.6 Å². The first-order valence-corrected chi connectivity index (χ1v) is 13.1. The van der Waals surface area contributed by atoms with Crippen LogP contribution in [0.2, 0.25) is 5.02 Å². The summed E-state index contributed by atoms with van der Waals surface area (Å²) in [6.07, 6.45) is 0. The van der Waals surface area contributed by atoms with Gasteiger partial charge in [0.1, 0.15) is 11.6 Å². The van der Waals surface area contributed by atoms with E-state index in [1.165, 1.54) is 0 Å². The highest BCUT2D eigenvalue weighted by molar-refractivity contribution is 6.30. The van der Waals surface area contributed by atoms with Crippen LogP contribution in [0.4, 0.5) is 34.9 Å². The average Bonchev–Trinajstić information content (AvgIpc) is 2.97. The molecule has 214 valence electrons. The molecular formula is C29H29ClN10O2. The number of nitrogen functional groups attached to an aromatic ring is 5. The molecule has 0 amide bonds. The normalized spacial score (nSPS) is 12.5. The lowest BCUT2D eigenvalue weighted by Crippen LogP contribution is -2.36. The number of anilines is 6. The van der Waals surface area contributed by atoms with E-state index in [0.29, 0.717) is 28.4 Å². The van der Waals surface area contributed by atoms with Crippen LogP contribution in [0.15, 0.2) is 72.8 Å². The van der Waals surface area contributed by atoms with Gasteiger partial charge in [0, 0.05) is 34.1 Å². The molecule has 1 atom stereocenters. The maximum absolute atomic E-state index is 12.2. The van der Waals surface area contributed by atoms with Gasteiger partial charge >= 0.3 is 0 Å². The Labute approximate surface area is 246 Å². The third-order valence-corrected chi connectivity index (χ3v) is 6.96. The van der Waals surface area contributed by atoms with E-state index in [0.717, 1.165) is 11.3 Å². The minimum atomic E-state index is -2.28. The van der Waals surface area contributed by atoms with Crippen LogP contribution in [0.1, 0.15) is 17.0 Å². The second kappa shape index (κ2) is 11.4. The summed E-state index contributed by atoms with van der Waals surface area (Å²) < 4.78 is 0. The average molecular weight is 585 g/mol. The number of rotatable bonds is 8. The molecule has 13 heteroatoms. The summed E-state index contributed by atoms with van der Waals surface area (Å²) in [5.74, 6) is -0.485. The van der Waals surface area contributed by atoms with Gasteiger partial charge in [-0.1, -0.05) is 48.0 Å². The van der Waals surface area contributed by atoms with Gasteiger partial charge in [-0.2, -0.15) is 9.97 Å². The van der Waals surface area contributed by atoms with E-state index in [-0.39, 0.29) is 46.0 Å². The zero-order valence-electron chi connectivity index (χ0n) is 22.3. The number of nitrogens with zero attached hydrogens (tertiary/aromatic N) is 4. The Morgan fingerprint density at radius 3 is 1.62 bits per heavy atom. The predicted octanol–water partition coefficient (Wildman–Crippen LogP) is 3.01. The Hall–Kier alpha value is -5.17. The van der Waals surface area contributed by atoms with Gasteiger partial charge in [0.05, 0.1) is 18.0 Å². The predicted molar refractivity (Wildman–Crippen MR) is 166 cm³/mol. The van der Waals surface area contributed by atoms with Crippen molar-refractivity contribution in [3.05, 3.63) is 94.8 Å². The Morgan fingerprint density at radius 2 is 1.14 bits per heavy atom. The van der Waals surface area contributed by atoms with Crippen molar-refractivity contribution in [2.24, 2.45) is 0 Å². The third-order valence-electron chi connectivity index (χ3n) is 6.70. The third kappa shape index (κ3) is 5.54. The Morgan fingerprint density at radius 1 is 0.667 bits per heavy atom. The van der Waals surface area contributed by atoms with Crippen LogP contribution in [-0.4, -0.2) is 36.8 Å². The summed E-state index contributed by atoms with van der Waals surface area (Å²) in [4.78, 5) is 16.8. The molecule has 0 aliphatic carbocycles. The van der Waals surface area contributed by atoms with Crippen molar-refractivity contribution in [2.45, 2.75) is 12.1 Å². The number of aliphatic hydroxyl groups excluding tert-OH is 1. The monoisotopic (exact) mass is 584 g/mol. The molecule has 13 N–H and O–H groups in total. The molecule has 0 fully saturated rings. The smallest absolute Gasteiger partial charge is 0.222 e. The molecule has 0 aliphatic rings. The fourth-order valence-electron chi connectivity index (χ4n) is 4.63. The number of benzene rings is 3. The molecule has 3 aromatic carbocycles. The summed E-state index contributed by atoms with van der Waals surface area (Å²) in [6.45, 7) is -0.307. The van der Waals surface area contributed by atoms with E-state index in [9.17, 15) is 10.2 Å². The van der Waals surface area contributed by atoms with Gasteiger partial charge in [0.15, 0.2) is 5.60 Å². The molecule has 5 aromatic rings. The number of nitrogens with two attached hydrogens (primary N) is 5. The number of aliphatic hydroxyl groups is 2. The number of halogens is 1. The number of nitrogens with one attached hydrogen (secondary N) is 1. The lowest BCUT2D eigenvalue weighted by molar-refractivity contribution is 0.0113. The van der Waals surface area contributed by atoms with Gasteiger partial charge in [0.25, 0.3) is 0 Å². The van der Waals surface area contributed by atoms with Crippen molar-refractivity contribution in [1.29, 1.82) is 0 Å². The van der Waals surface area contributed by atoms with Crippen LogP contribution < -0.4 is 34.0 Å². The second-order valence-electron chi connectivity index (χ2n) is 9.58. The molecule has 0 saturated carbocycles. The summed E-state index contributed by atoms with van der Waals surface area (Å²) in [5, 5.41) is 26.9. The minimum absolute atomic E-state index is 0.0183. The lowest BCUT2D eigenvalue weighted by atomic mass is 9.85. The summed E-state index contributed by atoms with van der Waals surface area (Å²) >= 11 is 5.98. The zero-order chi connectivity index (χ0) is 30.0. The first-order valence-electron chi connectivity index (χ1n) is 12.7. The number of hydrogen-bond acceptors (Lipinski definition) is 12. The van der Waals surface area contributed by atoms with Crippen molar-refractivity contribution in [3.8, 4) is 22.3 Å². The van der Waals surface area contributed by atoms with Crippen LogP contribution in [0.5, 0.6) is 0 Å². The number of hydrogen-bond donors (Lipinski definition) is 8. The van der Waals surface area contributed by atoms with Crippen molar-refractivity contribution in [2.75, 3.05) is 40.6 Å². The number of aromatic nitrogens is 4.